The molecule has 0 unspecified atom stereocenters. The van der Waals surface area contributed by atoms with E-state index in [0.29, 0.717) is 23.2 Å². The molecular formula is C12H15BrN4O3. The summed E-state index contributed by atoms with van der Waals surface area (Å²) in [6, 6.07) is 4.70. The predicted molar refractivity (Wildman–Crippen MR) is 78.7 cm³/mol. The molecule has 8 heteroatoms. The van der Waals surface area contributed by atoms with Crippen LogP contribution in [0.15, 0.2) is 22.7 Å². The van der Waals surface area contributed by atoms with Gasteiger partial charge >= 0.3 is 0 Å². The quantitative estimate of drug-likeness (QED) is 0.634. The van der Waals surface area contributed by atoms with Gasteiger partial charge in [-0.25, -0.2) is 0 Å². The van der Waals surface area contributed by atoms with Crippen molar-refractivity contribution < 1.29 is 9.72 Å². The second-order valence-electron chi connectivity index (χ2n) is 4.40. The summed E-state index contributed by atoms with van der Waals surface area (Å²) in [6.07, 6.45) is 0. The van der Waals surface area contributed by atoms with Crippen molar-refractivity contribution in [3.8, 4) is 0 Å². The smallest absolute Gasteiger partial charge is 0.293 e. The molecule has 108 valence electrons. The van der Waals surface area contributed by atoms with Crippen molar-refractivity contribution in [2.45, 2.75) is 0 Å². The minimum Gasteiger partial charge on any atom is -0.371 e. The fraction of sp³-hybridized carbons (Fsp3) is 0.417. The molecule has 7 nitrogen and oxygen atoms in total. The van der Waals surface area contributed by atoms with Crippen LogP contribution in [-0.2, 0) is 4.79 Å². The van der Waals surface area contributed by atoms with E-state index in [0.717, 1.165) is 13.1 Å². The maximum atomic E-state index is 12.0. The maximum absolute atomic E-state index is 12.0. The number of hydrogen-bond donors (Lipinski definition) is 2. The van der Waals surface area contributed by atoms with Gasteiger partial charge in [0, 0.05) is 36.7 Å². The summed E-state index contributed by atoms with van der Waals surface area (Å²) < 4.78 is 0.628. The second kappa shape index (κ2) is 6.67. The van der Waals surface area contributed by atoms with Gasteiger partial charge in [0.1, 0.15) is 5.69 Å². The molecule has 20 heavy (non-hydrogen) atoms. The number of carbonyl (C=O) groups is 1. The molecule has 1 heterocycles. The zero-order valence-corrected chi connectivity index (χ0v) is 12.4. The third-order valence-electron chi connectivity index (χ3n) is 3.06. The minimum atomic E-state index is -0.470. The molecule has 1 aliphatic rings. The number of benzene rings is 1. The molecule has 0 atom stereocenters. The van der Waals surface area contributed by atoms with Crippen LogP contribution in [0.3, 0.4) is 0 Å². The molecule has 1 amide bonds. The SMILES string of the molecule is O=C(CNc1ccc(Br)cc1[N+](=O)[O-])N1CCNCC1. The van der Waals surface area contributed by atoms with E-state index < -0.39 is 4.92 Å². The number of anilines is 1. The number of carbonyl (C=O) groups excluding carboxylic acids is 1. The Balaban J connectivity index is 1.99. The van der Waals surface area contributed by atoms with Crippen molar-refractivity contribution in [2.75, 3.05) is 38.0 Å². The van der Waals surface area contributed by atoms with Gasteiger partial charge in [0.2, 0.25) is 5.91 Å². The van der Waals surface area contributed by atoms with Gasteiger partial charge in [-0.05, 0) is 12.1 Å². The molecule has 0 radical (unpaired) electrons. The van der Waals surface area contributed by atoms with E-state index in [4.69, 9.17) is 0 Å². The highest BCUT2D eigenvalue weighted by molar-refractivity contribution is 9.10. The van der Waals surface area contributed by atoms with E-state index in [1.807, 2.05) is 0 Å². The van der Waals surface area contributed by atoms with Crippen LogP contribution in [0.4, 0.5) is 11.4 Å². The number of nitrogens with zero attached hydrogens (tertiary/aromatic N) is 2. The summed E-state index contributed by atoms with van der Waals surface area (Å²) in [7, 11) is 0. The molecule has 1 aromatic rings. The topological polar surface area (TPSA) is 87.5 Å². The Morgan fingerprint density at radius 2 is 2.15 bits per heavy atom. The van der Waals surface area contributed by atoms with Crippen molar-refractivity contribution in [1.82, 2.24) is 10.2 Å². The summed E-state index contributed by atoms with van der Waals surface area (Å²) in [5.74, 6) is -0.0521. The van der Waals surface area contributed by atoms with Crippen LogP contribution in [0, 0.1) is 10.1 Å². The lowest BCUT2D eigenvalue weighted by Gasteiger charge is -2.27. The highest BCUT2D eigenvalue weighted by Crippen LogP contribution is 2.27. The van der Waals surface area contributed by atoms with Crippen molar-refractivity contribution in [3.63, 3.8) is 0 Å². The number of amides is 1. The van der Waals surface area contributed by atoms with E-state index in [1.54, 1.807) is 17.0 Å². The summed E-state index contributed by atoms with van der Waals surface area (Å²) in [5.41, 5.74) is 0.300. The zero-order chi connectivity index (χ0) is 14.5. The van der Waals surface area contributed by atoms with Crippen LogP contribution >= 0.6 is 15.9 Å². The number of hydrogen-bond acceptors (Lipinski definition) is 5. The first-order chi connectivity index (χ1) is 9.58. The lowest BCUT2D eigenvalue weighted by Crippen LogP contribution is -2.48. The van der Waals surface area contributed by atoms with Crippen molar-refractivity contribution in [1.29, 1.82) is 0 Å². The summed E-state index contributed by atoms with van der Waals surface area (Å²) in [5, 5.41) is 17.0. The third-order valence-corrected chi connectivity index (χ3v) is 3.55. The normalized spacial score (nSPS) is 14.9. The van der Waals surface area contributed by atoms with Gasteiger partial charge in [0.15, 0.2) is 0 Å². The lowest BCUT2D eigenvalue weighted by atomic mass is 10.2. The van der Waals surface area contributed by atoms with Gasteiger partial charge in [-0.2, -0.15) is 0 Å². The molecule has 2 N–H and O–H groups in total. The van der Waals surface area contributed by atoms with Crippen LogP contribution in [-0.4, -0.2) is 48.5 Å². The second-order valence-corrected chi connectivity index (χ2v) is 5.32. The summed E-state index contributed by atoms with van der Waals surface area (Å²) >= 11 is 3.19. The number of nitrogens with one attached hydrogen (secondary N) is 2. The van der Waals surface area contributed by atoms with E-state index in [-0.39, 0.29) is 18.1 Å². The van der Waals surface area contributed by atoms with E-state index in [1.165, 1.54) is 6.07 Å². The first-order valence-corrected chi connectivity index (χ1v) is 7.03. The standard InChI is InChI=1S/C12H15BrN4O3/c13-9-1-2-10(11(7-9)17(19)20)15-8-12(18)16-5-3-14-4-6-16/h1-2,7,14-15H,3-6,8H2. The molecule has 1 saturated heterocycles. The number of halogens is 1. The lowest BCUT2D eigenvalue weighted by molar-refractivity contribution is -0.384. The molecule has 0 saturated carbocycles. The molecule has 2 rings (SSSR count). The number of nitro benzene ring substituents is 1. The maximum Gasteiger partial charge on any atom is 0.293 e. The van der Waals surface area contributed by atoms with Gasteiger partial charge in [-0.1, -0.05) is 15.9 Å². The Bertz CT molecular complexity index is 517. The molecule has 1 fully saturated rings. The first-order valence-electron chi connectivity index (χ1n) is 6.24. The van der Waals surface area contributed by atoms with Gasteiger partial charge in [0.25, 0.3) is 5.69 Å². The average Bonchev–Trinajstić information content (AvgIpc) is 2.46. The summed E-state index contributed by atoms with van der Waals surface area (Å²) in [4.78, 5) is 24.2. The fourth-order valence-electron chi connectivity index (χ4n) is 2.00. The Labute approximate surface area is 124 Å². The van der Waals surface area contributed by atoms with Gasteiger partial charge in [-0.3, -0.25) is 14.9 Å². The molecule has 0 bridgehead atoms. The Morgan fingerprint density at radius 1 is 1.45 bits per heavy atom. The van der Waals surface area contributed by atoms with E-state index >= 15 is 0 Å². The largest absolute Gasteiger partial charge is 0.371 e. The van der Waals surface area contributed by atoms with Crippen LogP contribution < -0.4 is 10.6 Å². The van der Waals surface area contributed by atoms with Gasteiger partial charge in [0.05, 0.1) is 11.5 Å². The van der Waals surface area contributed by atoms with Crippen molar-refractivity contribution in [2.24, 2.45) is 0 Å². The zero-order valence-electron chi connectivity index (χ0n) is 10.8. The van der Waals surface area contributed by atoms with Crippen LogP contribution in [0.25, 0.3) is 0 Å². The first kappa shape index (κ1) is 14.7. The fourth-order valence-corrected chi connectivity index (χ4v) is 2.35. The molecule has 0 aliphatic carbocycles. The molecule has 0 spiro atoms. The van der Waals surface area contributed by atoms with Crippen LogP contribution in [0.2, 0.25) is 0 Å². The number of nitro groups is 1. The monoisotopic (exact) mass is 342 g/mol. The average molecular weight is 343 g/mol. The number of piperazine rings is 1. The highest BCUT2D eigenvalue weighted by atomic mass is 79.9. The Kier molecular flexibility index (Phi) is 4.91. The Hall–Kier alpha value is -1.67. The third kappa shape index (κ3) is 3.67. The van der Waals surface area contributed by atoms with Crippen LogP contribution in [0.1, 0.15) is 0 Å². The molecule has 0 aromatic heterocycles. The van der Waals surface area contributed by atoms with E-state index in [9.17, 15) is 14.9 Å². The molecule has 1 aromatic carbocycles. The number of rotatable bonds is 4. The van der Waals surface area contributed by atoms with Crippen molar-refractivity contribution in [3.05, 3.63) is 32.8 Å². The van der Waals surface area contributed by atoms with E-state index in [2.05, 4.69) is 26.6 Å². The summed E-state index contributed by atoms with van der Waals surface area (Å²) in [6.45, 7) is 2.96. The van der Waals surface area contributed by atoms with Gasteiger partial charge < -0.3 is 15.5 Å². The minimum absolute atomic E-state index is 0.0486. The Morgan fingerprint density at radius 3 is 2.80 bits per heavy atom. The molecular weight excluding hydrogens is 328 g/mol. The van der Waals surface area contributed by atoms with Crippen molar-refractivity contribution >= 4 is 33.2 Å². The van der Waals surface area contributed by atoms with Crippen LogP contribution in [0.5, 0.6) is 0 Å². The van der Waals surface area contributed by atoms with Gasteiger partial charge in [-0.15, -0.1) is 0 Å². The highest BCUT2D eigenvalue weighted by Gasteiger charge is 2.18. The molecule has 1 aliphatic heterocycles. The predicted octanol–water partition coefficient (Wildman–Crippen LogP) is 1.20.